The molecule has 4 rings (SSSR count). The SMILES string of the molecule is CCc1ccc(C2CC(=O)Nc3c(S(=O)(=O)c4ccccc4)csc32)cc1. The van der Waals surface area contributed by atoms with Gasteiger partial charge in [0.15, 0.2) is 0 Å². The van der Waals surface area contributed by atoms with E-state index < -0.39 is 9.84 Å². The zero-order chi connectivity index (χ0) is 19.0. The van der Waals surface area contributed by atoms with Crippen LogP contribution in [0.15, 0.2) is 69.8 Å². The Bertz CT molecular complexity index is 1080. The van der Waals surface area contributed by atoms with E-state index in [-0.39, 0.29) is 21.6 Å². The molecule has 27 heavy (non-hydrogen) atoms. The maximum Gasteiger partial charge on any atom is 0.225 e. The quantitative estimate of drug-likeness (QED) is 0.699. The molecule has 6 heteroatoms. The summed E-state index contributed by atoms with van der Waals surface area (Å²) in [4.78, 5) is 13.7. The second kappa shape index (κ2) is 6.94. The molecule has 1 unspecified atom stereocenters. The van der Waals surface area contributed by atoms with Gasteiger partial charge in [0.25, 0.3) is 0 Å². The van der Waals surface area contributed by atoms with Gasteiger partial charge in [-0.1, -0.05) is 49.4 Å². The molecule has 1 atom stereocenters. The van der Waals surface area contributed by atoms with Crippen LogP contribution in [-0.2, 0) is 21.1 Å². The van der Waals surface area contributed by atoms with Crippen LogP contribution in [0.25, 0.3) is 0 Å². The fourth-order valence-corrected chi connectivity index (χ4v) is 6.31. The number of sulfone groups is 1. The summed E-state index contributed by atoms with van der Waals surface area (Å²) in [7, 11) is -3.68. The topological polar surface area (TPSA) is 63.2 Å². The molecule has 2 heterocycles. The van der Waals surface area contributed by atoms with Gasteiger partial charge in [0, 0.05) is 22.6 Å². The van der Waals surface area contributed by atoms with Crippen molar-refractivity contribution in [2.24, 2.45) is 0 Å². The van der Waals surface area contributed by atoms with Crippen LogP contribution in [0.1, 0.15) is 35.3 Å². The molecule has 0 saturated heterocycles. The number of fused-ring (bicyclic) bond motifs is 1. The summed E-state index contributed by atoms with van der Waals surface area (Å²) in [6, 6.07) is 16.5. The van der Waals surface area contributed by atoms with Gasteiger partial charge in [-0.2, -0.15) is 0 Å². The van der Waals surface area contributed by atoms with E-state index in [0.29, 0.717) is 12.1 Å². The Morgan fingerprint density at radius 1 is 1.07 bits per heavy atom. The standard InChI is InChI=1S/C21H19NO3S2/c1-2-14-8-10-15(11-9-14)17-12-19(23)22-20-18(13-26-21(17)20)27(24,25)16-6-4-3-5-7-16/h3-11,13,17H,2,12H2,1H3,(H,22,23). The summed E-state index contributed by atoms with van der Waals surface area (Å²) in [6.07, 6.45) is 1.28. The highest BCUT2D eigenvalue weighted by Gasteiger charge is 2.34. The fourth-order valence-electron chi connectivity index (χ4n) is 3.38. The lowest BCUT2D eigenvalue weighted by Gasteiger charge is -2.24. The van der Waals surface area contributed by atoms with Crippen molar-refractivity contribution in [3.8, 4) is 0 Å². The molecule has 1 amide bonds. The summed E-state index contributed by atoms with van der Waals surface area (Å²) in [5.74, 6) is -0.278. The van der Waals surface area contributed by atoms with Crippen LogP contribution < -0.4 is 5.32 Å². The van der Waals surface area contributed by atoms with Crippen molar-refractivity contribution < 1.29 is 13.2 Å². The van der Waals surface area contributed by atoms with Gasteiger partial charge in [0.05, 0.1) is 10.6 Å². The average Bonchev–Trinajstić information content (AvgIpc) is 3.12. The molecule has 0 aliphatic carbocycles. The van der Waals surface area contributed by atoms with Crippen LogP contribution >= 0.6 is 11.3 Å². The Morgan fingerprint density at radius 2 is 1.78 bits per heavy atom. The fraction of sp³-hybridized carbons (Fsp3) is 0.190. The molecule has 1 aliphatic rings. The third-order valence-electron chi connectivity index (χ3n) is 4.89. The van der Waals surface area contributed by atoms with Crippen molar-refractivity contribution in [3.63, 3.8) is 0 Å². The predicted molar refractivity (Wildman–Crippen MR) is 107 cm³/mol. The van der Waals surface area contributed by atoms with Crippen molar-refractivity contribution >= 4 is 32.8 Å². The van der Waals surface area contributed by atoms with Gasteiger partial charge < -0.3 is 5.32 Å². The molecule has 1 aliphatic heterocycles. The maximum atomic E-state index is 13.1. The van der Waals surface area contributed by atoms with E-state index in [1.807, 2.05) is 12.1 Å². The van der Waals surface area contributed by atoms with Gasteiger partial charge in [-0.25, -0.2) is 8.42 Å². The first-order valence-electron chi connectivity index (χ1n) is 8.81. The number of benzene rings is 2. The minimum Gasteiger partial charge on any atom is -0.324 e. The average molecular weight is 398 g/mol. The highest BCUT2D eigenvalue weighted by molar-refractivity contribution is 7.91. The molecule has 0 spiro atoms. The van der Waals surface area contributed by atoms with Gasteiger partial charge in [-0.15, -0.1) is 11.3 Å². The lowest BCUT2D eigenvalue weighted by molar-refractivity contribution is -0.116. The molecule has 1 aromatic heterocycles. The first-order valence-corrected chi connectivity index (χ1v) is 11.2. The lowest BCUT2D eigenvalue weighted by atomic mass is 9.90. The van der Waals surface area contributed by atoms with E-state index in [2.05, 4.69) is 24.4 Å². The highest BCUT2D eigenvalue weighted by Crippen LogP contribution is 2.45. The van der Waals surface area contributed by atoms with Gasteiger partial charge in [0.1, 0.15) is 4.90 Å². The van der Waals surface area contributed by atoms with Gasteiger partial charge in [-0.05, 0) is 29.7 Å². The summed E-state index contributed by atoms with van der Waals surface area (Å²) < 4.78 is 26.1. The maximum absolute atomic E-state index is 13.1. The third kappa shape index (κ3) is 3.19. The van der Waals surface area contributed by atoms with Crippen LogP contribution in [0.4, 0.5) is 5.69 Å². The van der Waals surface area contributed by atoms with Gasteiger partial charge >= 0.3 is 0 Å². The minimum atomic E-state index is -3.68. The van der Waals surface area contributed by atoms with Crippen LogP contribution in [0.5, 0.6) is 0 Å². The Kier molecular flexibility index (Phi) is 4.61. The van der Waals surface area contributed by atoms with Gasteiger partial charge in [-0.3, -0.25) is 4.79 Å². The number of thiophene rings is 1. The molecule has 0 bridgehead atoms. The molecule has 0 saturated carbocycles. The van der Waals surface area contributed by atoms with E-state index >= 15 is 0 Å². The Morgan fingerprint density at radius 3 is 2.44 bits per heavy atom. The zero-order valence-corrected chi connectivity index (χ0v) is 16.4. The van der Waals surface area contributed by atoms with Gasteiger partial charge in [0.2, 0.25) is 15.7 Å². The second-order valence-corrected chi connectivity index (χ2v) is 9.39. The molecular formula is C21H19NO3S2. The molecule has 3 aromatic rings. The summed E-state index contributed by atoms with van der Waals surface area (Å²) in [6.45, 7) is 2.10. The molecule has 0 fully saturated rings. The second-order valence-electron chi connectivity index (χ2n) is 6.56. The Hall–Kier alpha value is -2.44. The van der Waals surface area contributed by atoms with Crippen molar-refractivity contribution in [2.75, 3.05) is 5.32 Å². The number of hydrogen-bond acceptors (Lipinski definition) is 4. The van der Waals surface area contributed by atoms with Crippen molar-refractivity contribution in [1.82, 2.24) is 0 Å². The Labute approximate surface area is 162 Å². The Balaban J connectivity index is 1.80. The van der Waals surface area contributed by atoms with Crippen molar-refractivity contribution in [2.45, 2.75) is 35.5 Å². The van der Waals surface area contributed by atoms with Crippen LogP contribution in [0, 0.1) is 0 Å². The van der Waals surface area contributed by atoms with Crippen LogP contribution in [0.2, 0.25) is 0 Å². The predicted octanol–water partition coefficient (Wildman–Crippen LogP) is 4.62. The number of hydrogen-bond donors (Lipinski definition) is 1. The lowest BCUT2D eigenvalue weighted by Crippen LogP contribution is -2.23. The number of rotatable bonds is 4. The summed E-state index contributed by atoms with van der Waals surface area (Å²) in [5, 5.41) is 4.44. The number of anilines is 1. The van der Waals surface area contributed by atoms with E-state index in [4.69, 9.17) is 0 Å². The highest BCUT2D eigenvalue weighted by atomic mass is 32.2. The summed E-state index contributed by atoms with van der Waals surface area (Å²) >= 11 is 1.39. The number of carbonyl (C=O) groups is 1. The molecule has 138 valence electrons. The molecule has 1 N–H and O–H groups in total. The molecular weight excluding hydrogens is 378 g/mol. The monoisotopic (exact) mass is 397 g/mol. The molecule has 2 aromatic carbocycles. The zero-order valence-electron chi connectivity index (χ0n) is 14.8. The number of carbonyl (C=O) groups excluding carboxylic acids is 1. The number of amides is 1. The first kappa shape index (κ1) is 17.9. The normalized spacial score (nSPS) is 16.6. The minimum absolute atomic E-state index is 0.121. The number of nitrogens with one attached hydrogen (secondary N) is 1. The van der Waals surface area contributed by atoms with Crippen LogP contribution in [-0.4, -0.2) is 14.3 Å². The van der Waals surface area contributed by atoms with E-state index in [9.17, 15) is 13.2 Å². The van der Waals surface area contributed by atoms with E-state index in [1.165, 1.54) is 16.9 Å². The van der Waals surface area contributed by atoms with Crippen LogP contribution in [0.3, 0.4) is 0 Å². The first-order chi connectivity index (χ1) is 13.0. The van der Waals surface area contributed by atoms with Crippen molar-refractivity contribution in [1.29, 1.82) is 0 Å². The van der Waals surface area contributed by atoms with Crippen molar-refractivity contribution in [3.05, 3.63) is 76.0 Å². The molecule has 4 nitrogen and oxygen atoms in total. The third-order valence-corrected chi connectivity index (χ3v) is 7.93. The van der Waals surface area contributed by atoms with E-state index in [0.717, 1.165) is 16.9 Å². The number of aryl methyl sites for hydroxylation is 1. The van der Waals surface area contributed by atoms with E-state index in [1.54, 1.807) is 35.7 Å². The largest absolute Gasteiger partial charge is 0.324 e. The molecule has 0 radical (unpaired) electrons. The smallest absolute Gasteiger partial charge is 0.225 e. The summed E-state index contributed by atoms with van der Waals surface area (Å²) in [5.41, 5.74) is 2.70.